The van der Waals surface area contributed by atoms with E-state index in [1.54, 1.807) is 0 Å². The van der Waals surface area contributed by atoms with Crippen molar-refractivity contribution in [1.82, 2.24) is 9.80 Å². The van der Waals surface area contributed by atoms with E-state index in [1.165, 1.54) is 6.42 Å². The van der Waals surface area contributed by atoms with E-state index in [1.807, 2.05) is 34.1 Å². The molecule has 25 heavy (non-hydrogen) atoms. The number of piperidine rings is 2. The van der Waals surface area contributed by atoms with Crippen LogP contribution in [0.2, 0.25) is 0 Å². The molecule has 0 spiro atoms. The van der Waals surface area contributed by atoms with Crippen molar-refractivity contribution in [2.75, 3.05) is 38.0 Å². The van der Waals surface area contributed by atoms with E-state index in [9.17, 15) is 9.59 Å². The highest BCUT2D eigenvalue weighted by Crippen LogP contribution is 2.18. The van der Waals surface area contributed by atoms with E-state index in [2.05, 4.69) is 12.2 Å². The van der Waals surface area contributed by atoms with Crippen molar-refractivity contribution in [3.05, 3.63) is 29.8 Å². The molecule has 0 aliphatic carbocycles. The van der Waals surface area contributed by atoms with E-state index in [4.69, 9.17) is 0 Å². The molecule has 2 aliphatic rings. The van der Waals surface area contributed by atoms with Gasteiger partial charge in [-0.15, -0.1) is 0 Å². The molecule has 2 fully saturated rings. The molecule has 0 saturated carbocycles. The Morgan fingerprint density at radius 3 is 2.48 bits per heavy atom. The number of nitrogens with zero attached hydrogens (tertiary/aromatic N) is 2. The van der Waals surface area contributed by atoms with Gasteiger partial charge in [0.25, 0.3) is 5.91 Å². The van der Waals surface area contributed by atoms with Gasteiger partial charge in [-0.3, -0.25) is 9.59 Å². The van der Waals surface area contributed by atoms with Gasteiger partial charge in [0.1, 0.15) is 0 Å². The predicted octanol–water partition coefficient (Wildman–Crippen LogP) is 2.98. The second kappa shape index (κ2) is 8.37. The molecule has 5 heteroatoms. The summed E-state index contributed by atoms with van der Waals surface area (Å²) in [6, 6.07) is 7.52. The van der Waals surface area contributed by atoms with Crippen molar-refractivity contribution in [3.8, 4) is 0 Å². The van der Waals surface area contributed by atoms with Gasteiger partial charge < -0.3 is 15.1 Å². The Bertz CT molecular complexity index is 603. The Morgan fingerprint density at radius 1 is 1.04 bits per heavy atom. The number of anilines is 1. The molecule has 2 heterocycles. The highest BCUT2D eigenvalue weighted by atomic mass is 16.2. The molecule has 2 aliphatic heterocycles. The first-order valence-electron chi connectivity index (χ1n) is 9.54. The molecule has 0 radical (unpaired) electrons. The Morgan fingerprint density at radius 2 is 1.76 bits per heavy atom. The maximum atomic E-state index is 12.6. The second-order valence-corrected chi connectivity index (χ2v) is 7.35. The van der Waals surface area contributed by atoms with Crippen LogP contribution in [0.5, 0.6) is 0 Å². The molecular formula is C20H29N3O2. The van der Waals surface area contributed by atoms with Crippen LogP contribution in [0.1, 0.15) is 49.4 Å². The molecular weight excluding hydrogens is 314 g/mol. The summed E-state index contributed by atoms with van der Waals surface area (Å²) in [5.41, 5.74) is 1.53. The molecule has 1 N–H and O–H groups in total. The summed E-state index contributed by atoms with van der Waals surface area (Å²) in [6.45, 7) is 5.94. The van der Waals surface area contributed by atoms with E-state index >= 15 is 0 Å². The second-order valence-electron chi connectivity index (χ2n) is 7.35. The number of benzene rings is 1. The Hall–Kier alpha value is -2.04. The van der Waals surface area contributed by atoms with Crippen LogP contribution in [-0.2, 0) is 4.79 Å². The lowest BCUT2D eigenvalue weighted by Crippen LogP contribution is -2.40. The minimum Gasteiger partial charge on any atom is -0.376 e. The van der Waals surface area contributed by atoms with Gasteiger partial charge in [-0.05, 0) is 56.2 Å². The average Bonchev–Trinajstić information content (AvgIpc) is 2.67. The number of hydrogen-bond donors (Lipinski definition) is 1. The number of rotatable bonds is 4. The van der Waals surface area contributed by atoms with Gasteiger partial charge in [-0.25, -0.2) is 0 Å². The zero-order valence-electron chi connectivity index (χ0n) is 15.2. The third kappa shape index (κ3) is 4.74. The number of hydrogen-bond acceptors (Lipinski definition) is 3. The SMILES string of the molecule is CC1CCN(C(=O)CNc2cccc(C(=O)N3CCCCC3)c2)CC1. The molecule has 5 nitrogen and oxygen atoms in total. The lowest BCUT2D eigenvalue weighted by molar-refractivity contribution is -0.130. The van der Waals surface area contributed by atoms with Gasteiger partial charge in [0.2, 0.25) is 5.91 Å². The Kier molecular flexibility index (Phi) is 5.95. The minimum atomic E-state index is 0.0969. The van der Waals surface area contributed by atoms with Crippen LogP contribution in [0, 0.1) is 5.92 Å². The number of nitrogens with one attached hydrogen (secondary N) is 1. The molecule has 0 unspecified atom stereocenters. The molecule has 1 aromatic carbocycles. The highest BCUT2D eigenvalue weighted by Gasteiger charge is 2.20. The van der Waals surface area contributed by atoms with Crippen LogP contribution in [0.15, 0.2) is 24.3 Å². The lowest BCUT2D eigenvalue weighted by Gasteiger charge is -2.30. The van der Waals surface area contributed by atoms with Crippen LogP contribution < -0.4 is 5.32 Å². The van der Waals surface area contributed by atoms with Crippen molar-refractivity contribution >= 4 is 17.5 Å². The number of carbonyl (C=O) groups excluding carboxylic acids is 2. The fourth-order valence-corrected chi connectivity index (χ4v) is 3.59. The van der Waals surface area contributed by atoms with Gasteiger partial charge in [-0.2, -0.15) is 0 Å². The average molecular weight is 343 g/mol. The number of carbonyl (C=O) groups is 2. The van der Waals surface area contributed by atoms with Gasteiger partial charge in [0.15, 0.2) is 0 Å². The standard InChI is InChI=1S/C20H29N3O2/c1-16-8-12-22(13-9-16)19(24)15-21-18-7-5-6-17(14-18)20(25)23-10-3-2-4-11-23/h5-7,14,16,21H,2-4,8-13,15H2,1H3. The summed E-state index contributed by atoms with van der Waals surface area (Å²) < 4.78 is 0. The zero-order valence-corrected chi connectivity index (χ0v) is 15.2. The molecule has 0 atom stereocenters. The van der Waals surface area contributed by atoms with Crippen molar-refractivity contribution in [2.24, 2.45) is 5.92 Å². The first kappa shape index (κ1) is 17.8. The number of likely N-dealkylation sites (tertiary alicyclic amines) is 2. The van der Waals surface area contributed by atoms with E-state index < -0.39 is 0 Å². The van der Waals surface area contributed by atoms with E-state index in [-0.39, 0.29) is 18.4 Å². The third-order valence-electron chi connectivity index (χ3n) is 5.33. The van der Waals surface area contributed by atoms with Crippen LogP contribution in [0.25, 0.3) is 0 Å². The maximum absolute atomic E-state index is 12.6. The van der Waals surface area contributed by atoms with Gasteiger partial charge in [0, 0.05) is 37.4 Å². The molecule has 3 rings (SSSR count). The third-order valence-corrected chi connectivity index (χ3v) is 5.33. The molecule has 2 amide bonds. The predicted molar refractivity (Wildman–Crippen MR) is 99.7 cm³/mol. The highest BCUT2D eigenvalue weighted by molar-refractivity contribution is 5.95. The van der Waals surface area contributed by atoms with Crippen molar-refractivity contribution < 1.29 is 9.59 Å². The summed E-state index contributed by atoms with van der Waals surface area (Å²) in [5, 5.41) is 3.19. The molecule has 136 valence electrons. The monoisotopic (exact) mass is 343 g/mol. The fourth-order valence-electron chi connectivity index (χ4n) is 3.59. The summed E-state index contributed by atoms with van der Waals surface area (Å²) in [7, 11) is 0. The molecule has 0 aromatic heterocycles. The van der Waals surface area contributed by atoms with Crippen LogP contribution >= 0.6 is 0 Å². The summed E-state index contributed by atoms with van der Waals surface area (Å²) in [5.74, 6) is 0.953. The largest absolute Gasteiger partial charge is 0.376 e. The number of amides is 2. The fraction of sp³-hybridized carbons (Fsp3) is 0.600. The summed E-state index contributed by atoms with van der Waals surface area (Å²) in [4.78, 5) is 28.8. The van der Waals surface area contributed by atoms with Crippen molar-refractivity contribution in [1.29, 1.82) is 0 Å². The van der Waals surface area contributed by atoms with Crippen molar-refractivity contribution in [2.45, 2.75) is 39.0 Å². The van der Waals surface area contributed by atoms with Crippen molar-refractivity contribution in [3.63, 3.8) is 0 Å². The quantitative estimate of drug-likeness (QED) is 0.914. The van der Waals surface area contributed by atoms with E-state index in [0.29, 0.717) is 5.56 Å². The normalized spacial score (nSPS) is 18.9. The van der Waals surface area contributed by atoms with Gasteiger partial charge in [0.05, 0.1) is 6.54 Å². The summed E-state index contributed by atoms with van der Waals surface area (Å²) >= 11 is 0. The Labute approximate surface area is 150 Å². The van der Waals surface area contributed by atoms with E-state index in [0.717, 1.165) is 63.5 Å². The topological polar surface area (TPSA) is 52.7 Å². The maximum Gasteiger partial charge on any atom is 0.253 e. The zero-order chi connectivity index (χ0) is 17.6. The van der Waals surface area contributed by atoms with Gasteiger partial charge in [-0.1, -0.05) is 13.0 Å². The van der Waals surface area contributed by atoms with Gasteiger partial charge >= 0.3 is 0 Å². The molecule has 1 aromatic rings. The summed E-state index contributed by atoms with van der Waals surface area (Å²) in [6.07, 6.45) is 5.57. The van der Waals surface area contributed by atoms with Crippen LogP contribution in [-0.4, -0.2) is 54.3 Å². The Balaban J connectivity index is 1.54. The molecule has 0 bridgehead atoms. The minimum absolute atomic E-state index is 0.0969. The van der Waals surface area contributed by atoms with Crippen LogP contribution in [0.3, 0.4) is 0 Å². The first-order chi connectivity index (χ1) is 12.1. The lowest BCUT2D eigenvalue weighted by atomic mass is 9.99. The van der Waals surface area contributed by atoms with Crippen LogP contribution in [0.4, 0.5) is 5.69 Å². The smallest absolute Gasteiger partial charge is 0.253 e. The first-order valence-corrected chi connectivity index (χ1v) is 9.54. The molecule has 2 saturated heterocycles.